The highest BCUT2D eigenvalue weighted by atomic mass is 35.5. The van der Waals surface area contributed by atoms with Gasteiger partial charge < -0.3 is 9.84 Å². The Balaban J connectivity index is 1.99. The Kier molecular flexibility index (Phi) is 3.82. The number of ether oxygens (including phenoxy) is 1. The molecule has 0 aliphatic heterocycles. The molecule has 0 radical (unpaired) electrons. The fraction of sp³-hybridized carbons (Fsp3) is 0.111. The van der Waals surface area contributed by atoms with Crippen LogP contribution >= 0.6 is 11.6 Å². The van der Waals surface area contributed by atoms with Gasteiger partial charge in [-0.15, -0.1) is 0 Å². The summed E-state index contributed by atoms with van der Waals surface area (Å²) < 4.78 is 5.94. The SMILES string of the molecule is C[C@@H](O)c1ccc(Oc2cccc3ccccc23)c(Cl)c1. The van der Waals surface area contributed by atoms with E-state index in [2.05, 4.69) is 0 Å². The van der Waals surface area contributed by atoms with Crippen molar-refractivity contribution in [1.29, 1.82) is 0 Å². The van der Waals surface area contributed by atoms with Crippen molar-refractivity contribution in [3.8, 4) is 11.5 Å². The van der Waals surface area contributed by atoms with Crippen LogP contribution in [-0.2, 0) is 0 Å². The Morgan fingerprint density at radius 2 is 1.71 bits per heavy atom. The lowest BCUT2D eigenvalue weighted by molar-refractivity contribution is 0.199. The van der Waals surface area contributed by atoms with Crippen LogP contribution in [0.1, 0.15) is 18.6 Å². The summed E-state index contributed by atoms with van der Waals surface area (Å²) in [5, 5.41) is 12.2. The molecule has 0 aliphatic rings. The first-order chi connectivity index (χ1) is 10.1. The molecule has 1 N–H and O–H groups in total. The number of fused-ring (bicyclic) bond motifs is 1. The molecule has 3 rings (SSSR count). The minimum atomic E-state index is -0.547. The van der Waals surface area contributed by atoms with Crippen molar-refractivity contribution in [3.05, 3.63) is 71.2 Å². The van der Waals surface area contributed by atoms with Gasteiger partial charge in [0.15, 0.2) is 0 Å². The van der Waals surface area contributed by atoms with Crippen LogP contribution in [0.4, 0.5) is 0 Å². The summed E-state index contributed by atoms with van der Waals surface area (Å²) in [5.41, 5.74) is 0.769. The minimum Gasteiger partial charge on any atom is -0.455 e. The molecule has 0 bridgehead atoms. The summed E-state index contributed by atoms with van der Waals surface area (Å²) in [6.45, 7) is 1.71. The van der Waals surface area contributed by atoms with Gasteiger partial charge in [-0.3, -0.25) is 0 Å². The molecule has 0 saturated heterocycles. The topological polar surface area (TPSA) is 29.5 Å². The number of rotatable bonds is 3. The highest BCUT2D eigenvalue weighted by Crippen LogP contribution is 2.34. The lowest BCUT2D eigenvalue weighted by atomic mass is 10.1. The first-order valence-corrected chi connectivity index (χ1v) is 7.16. The molecule has 2 nitrogen and oxygen atoms in total. The van der Waals surface area contributed by atoms with Gasteiger partial charge in [-0.2, -0.15) is 0 Å². The van der Waals surface area contributed by atoms with Crippen LogP contribution in [0.2, 0.25) is 5.02 Å². The average molecular weight is 299 g/mol. The van der Waals surface area contributed by atoms with Gasteiger partial charge in [-0.25, -0.2) is 0 Å². The average Bonchev–Trinajstić information content (AvgIpc) is 2.49. The van der Waals surface area contributed by atoms with E-state index in [1.807, 2.05) is 48.5 Å². The van der Waals surface area contributed by atoms with Gasteiger partial charge in [0, 0.05) is 5.39 Å². The second-order valence-electron chi connectivity index (χ2n) is 4.95. The zero-order valence-electron chi connectivity index (χ0n) is 11.6. The minimum absolute atomic E-state index is 0.487. The third-order valence-corrected chi connectivity index (χ3v) is 3.70. The summed E-state index contributed by atoms with van der Waals surface area (Å²) in [5.74, 6) is 1.34. The van der Waals surface area contributed by atoms with E-state index in [0.717, 1.165) is 22.1 Å². The quantitative estimate of drug-likeness (QED) is 0.707. The molecule has 0 fully saturated rings. The number of benzene rings is 3. The monoisotopic (exact) mass is 298 g/mol. The van der Waals surface area contributed by atoms with Crippen LogP contribution in [0.3, 0.4) is 0 Å². The third kappa shape index (κ3) is 2.87. The Morgan fingerprint density at radius 3 is 2.48 bits per heavy atom. The highest BCUT2D eigenvalue weighted by Gasteiger charge is 2.09. The molecule has 106 valence electrons. The van der Waals surface area contributed by atoms with Gasteiger partial charge in [0.2, 0.25) is 0 Å². The van der Waals surface area contributed by atoms with E-state index in [4.69, 9.17) is 16.3 Å². The summed E-state index contributed by atoms with van der Waals surface area (Å²) in [7, 11) is 0. The number of hydrogen-bond acceptors (Lipinski definition) is 2. The molecule has 0 amide bonds. The fourth-order valence-corrected chi connectivity index (χ4v) is 2.49. The number of aliphatic hydroxyl groups excluding tert-OH is 1. The molecule has 0 saturated carbocycles. The van der Waals surface area contributed by atoms with Gasteiger partial charge >= 0.3 is 0 Å². The van der Waals surface area contributed by atoms with Crippen molar-refractivity contribution >= 4 is 22.4 Å². The maximum Gasteiger partial charge on any atom is 0.146 e. The zero-order chi connectivity index (χ0) is 14.8. The molecule has 21 heavy (non-hydrogen) atoms. The summed E-state index contributed by atoms with van der Waals surface area (Å²) >= 11 is 6.24. The Hall–Kier alpha value is -2.03. The van der Waals surface area contributed by atoms with E-state index in [-0.39, 0.29) is 0 Å². The predicted octanol–water partition coefficient (Wildman–Crippen LogP) is 5.34. The van der Waals surface area contributed by atoms with E-state index in [1.54, 1.807) is 19.1 Å². The lowest BCUT2D eigenvalue weighted by Crippen LogP contribution is -1.92. The second-order valence-corrected chi connectivity index (χ2v) is 5.35. The van der Waals surface area contributed by atoms with Crippen LogP contribution in [0.25, 0.3) is 10.8 Å². The molecule has 3 heteroatoms. The molecule has 0 aliphatic carbocycles. The molecule has 3 aromatic rings. The predicted molar refractivity (Wildman–Crippen MR) is 86.1 cm³/mol. The van der Waals surface area contributed by atoms with Crippen LogP contribution in [-0.4, -0.2) is 5.11 Å². The van der Waals surface area contributed by atoms with E-state index in [1.165, 1.54) is 0 Å². The van der Waals surface area contributed by atoms with Crippen molar-refractivity contribution in [2.24, 2.45) is 0 Å². The Labute approximate surface area is 128 Å². The van der Waals surface area contributed by atoms with E-state index in [9.17, 15) is 5.11 Å². The van der Waals surface area contributed by atoms with Crippen LogP contribution in [0, 0.1) is 0 Å². The smallest absolute Gasteiger partial charge is 0.146 e. The zero-order valence-corrected chi connectivity index (χ0v) is 12.3. The van der Waals surface area contributed by atoms with Gasteiger partial charge in [0.1, 0.15) is 11.5 Å². The Morgan fingerprint density at radius 1 is 0.952 bits per heavy atom. The standard InChI is InChI=1S/C18H15ClO2/c1-12(20)14-9-10-18(16(19)11-14)21-17-8-4-6-13-5-2-3-7-15(13)17/h2-12,20H,1H3/t12-/m1/s1. The van der Waals surface area contributed by atoms with Crippen molar-refractivity contribution < 1.29 is 9.84 Å². The van der Waals surface area contributed by atoms with Crippen LogP contribution < -0.4 is 4.74 Å². The summed E-state index contributed by atoms with van der Waals surface area (Å²) in [6.07, 6.45) is -0.547. The third-order valence-electron chi connectivity index (χ3n) is 3.41. The van der Waals surface area contributed by atoms with Gasteiger partial charge in [-0.1, -0.05) is 54.1 Å². The normalized spacial score (nSPS) is 12.3. The Bertz CT molecular complexity index is 776. The first kappa shape index (κ1) is 13.9. The van der Waals surface area contributed by atoms with Crippen LogP contribution in [0.15, 0.2) is 60.7 Å². The molecular weight excluding hydrogens is 284 g/mol. The van der Waals surface area contributed by atoms with Gasteiger partial charge in [0.25, 0.3) is 0 Å². The van der Waals surface area contributed by atoms with Crippen molar-refractivity contribution in [2.45, 2.75) is 13.0 Å². The molecule has 0 spiro atoms. The molecule has 0 heterocycles. The molecule has 3 aromatic carbocycles. The van der Waals surface area contributed by atoms with Crippen molar-refractivity contribution in [2.75, 3.05) is 0 Å². The number of halogens is 1. The second kappa shape index (κ2) is 5.76. The largest absolute Gasteiger partial charge is 0.455 e. The maximum absolute atomic E-state index is 9.57. The van der Waals surface area contributed by atoms with E-state index in [0.29, 0.717) is 10.8 Å². The molecule has 0 aromatic heterocycles. The lowest BCUT2D eigenvalue weighted by Gasteiger charge is -2.12. The van der Waals surface area contributed by atoms with Gasteiger partial charge in [0.05, 0.1) is 11.1 Å². The first-order valence-electron chi connectivity index (χ1n) is 6.78. The van der Waals surface area contributed by atoms with E-state index < -0.39 is 6.10 Å². The fourth-order valence-electron chi connectivity index (χ4n) is 2.26. The molecule has 0 unspecified atom stereocenters. The molecular formula is C18H15ClO2. The van der Waals surface area contributed by atoms with Crippen molar-refractivity contribution in [1.82, 2.24) is 0 Å². The van der Waals surface area contributed by atoms with E-state index >= 15 is 0 Å². The number of hydrogen-bond donors (Lipinski definition) is 1. The highest BCUT2D eigenvalue weighted by molar-refractivity contribution is 6.32. The van der Waals surface area contributed by atoms with Crippen molar-refractivity contribution in [3.63, 3.8) is 0 Å². The summed E-state index contributed by atoms with van der Waals surface area (Å²) in [4.78, 5) is 0. The van der Waals surface area contributed by atoms with Gasteiger partial charge in [-0.05, 0) is 36.1 Å². The van der Waals surface area contributed by atoms with Crippen LogP contribution in [0.5, 0.6) is 11.5 Å². The number of aliphatic hydroxyl groups is 1. The summed E-state index contributed by atoms with van der Waals surface area (Å²) in [6, 6.07) is 19.3. The maximum atomic E-state index is 9.57. The molecule has 1 atom stereocenters.